The van der Waals surface area contributed by atoms with E-state index in [0.717, 1.165) is 26.6 Å². The topological polar surface area (TPSA) is 78.8 Å². The number of rotatable bonds is 6. The standard InChI is InChI=1S/C16H19N3O3S2/c1-12-6-7-14(9-13(12)2)19(24(3,21)22)11-16(20)18-17-10-15-5-4-8-23-15/h4-10H,11H2,1-3H3,(H,18,20)/b17-10-. The summed E-state index contributed by atoms with van der Waals surface area (Å²) in [6, 6.07) is 9.00. The summed E-state index contributed by atoms with van der Waals surface area (Å²) in [5, 5.41) is 5.74. The molecule has 0 aliphatic heterocycles. The molecule has 0 bridgehead atoms. The number of hydrogen-bond acceptors (Lipinski definition) is 5. The van der Waals surface area contributed by atoms with E-state index in [1.54, 1.807) is 12.1 Å². The molecule has 0 aliphatic carbocycles. The van der Waals surface area contributed by atoms with Crippen molar-refractivity contribution in [1.82, 2.24) is 5.43 Å². The van der Waals surface area contributed by atoms with E-state index in [1.165, 1.54) is 17.6 Å². The third kappa shape index (κ3) is 4.90. The van der Waals surface area contributed by atoms with Gasteiger partial charge >= 0.3 is 0 Å². The zero-order valence-corrected chi connectivity index (χ0v) is 15.3. The van der Waals surface area contributed by atoms with Crippen molar-refractivity contribution in [2.45, 2.75) is 13.8 Å². The van der Waals surface area contributed by atoms with Gasteiger partial charge in [0.05, 0.1) is 18.2 Å². The Balaban J connectivity index is 2.11. The van der Waals surface area contributed by atoms with Crippen molar-refractivity contribution in [1.29, 1.82) is 0 Å². The maximum Gasteiger partial charge on any atom is 0.260 e. The Bertz CT molecular complexity index is 843. The Kier molecular flexibility index (Phi) is 5.74. The molecule has 8 heteroatoms. The zero-order valence-electron chi connectivity index (χ0n) is 13.7. The molecule has 0 fully saturated rings. The number of thiophene rings is 1. The van der Waals surface area contributed by atoms with E-state index in [2.05, 4.69) is 10.5 Å². The van der Waals surface area contributed by atoms with Gasteiger partial charge in [-0.1, -0.05) is 12.1 Å². The van der Waals surface area contributed by atoms with Crippen LogP contribution in [0.3, 0.4) is 0 Å². The normalized spacial score (nSPS) is 11.6. The van der Waals surface area contributed by atoms with Crippen molar-refractivity contribution in [3.8, 4) is 0 Å². The molecule has 0 atom stereocenters. The van der Waals surface area contributed by atoms with Gasteiger partial charge < -0.3 is 0 Å². The van der Waals surface area contributed by atoms with Gasteiger partial charge in [0.25, 0.3) is 5.91 Å². The first-order valence-corrected chi connectivity index (χ1v) is 9.90. The quantitative estimate of drug-likeness (QED) is 0.630. The Hall–Kier alpha value is -2.19. The van der Waals surface area contributed by atoms with Crippen molar-refractivity contribution in [2.75, 3.05) is 17.1 Å². The molecule has 1 heterocycles. The summed E-state index contributed by atoms with van der Waals surface area (Å²) in [5.41, 5.74) is 4.82. The van der Waals surface area contributed by atoms with E-state index < -0.39 is 15.9 Å². The summed E-state index contributed by atoms with van der Waals surface area (Å²) in [5.74, 6) is -0.508. The van der Waals surface area contributed by atoms with E-state index in [1.807, 2.05) is 37.4 Å². The molecule has 128 valence electrons. The average Bonchev–Trinajstić information content (AvgIpc) is 3.00. The highest BCUT2D eigenvalue weighted by molar-refractivity contribution is 7.92. The van der Waals surface area contributed by atoms with Crippen LogP contribution in [0.5, 0.6) is 0 Å². The van der Waals surface area contributed by atoms with Gasteiger partial charge in [-0.25, -0.2) is 13.8 Å². The highest BCUT2D eigenvalue weighted by atomic mass is 32.2. The monoisotopic (exact) mass is 365 g/mol. The predicted molar refractivity (Wildman–Crippen MR) is 98.2 cm³/mol. The lowest BCUT2D eigenvalue weighted by Gasteiger charge is -2.22. The van der Waals surface area contributed by atoms with Crippen molar-refractivity contribution >= 4 is 39.2 Å². The molecule has 1 aromatic heterocycles. The molecule has 0 aliphatic rings. The van der Waals surface area contributed by atoms with E-state index >= 15 is 0 Å². The summed E-state index contributed by atoms with van der Waals surface area (Å²) >= 11 is 1.49. The first-order chi connectivity index (χ1) is 11.3. The maximum atomic E-state index is 12.0. The van der Waals surface area contributed by atoms with Crippen LogP contribution in [0, 0.1) is 13.8 Å². The van der Waals surface area contributed by atoms with Gasteiger partial charge in [0.1, 0.15) is 6.54 Å². The van der Waals surface area contributed by atoms with Crippen LogP contribution in [0.1, 0.15) is 16.0 Å². The lowest BCUT2D eigenvalue weighted by molar-refractivity contribution is -0.119. The Morgan fingerprint density at radius 2 is 2.04 bits per heavy atom. The predicted octanol–water partition coefficient (Wildman–Crippen LogP) is 2.28. The van der Waals surface area contributed by atoms with E-state index in [9.17, 15) is 13.2 Å². The number of hydrazone groups is 1. The van der Waals surface area contributed by atoms with Crippen LogP contribution >= 0.6 is 11.3 Å². The minimum atomic E-state index is -3.59. The Morgan fingerprint density at radius 1 is 1.29 bits per heavy atom. The van der Waals surface area contributed by atoms with Crippen molar-refractivity contribution in [2.24, 2.45) is 5.10 Å². The highest BCUT2D eigenvalue weighted by Gasteiger charge is 2.21. The number of carbonyl (C=O) groups is 1. The second kappa shape index (κ2) is 7.59. The molecule has 0 unspecified atom stereocenters. The lowest BCUT2D eigenvalue weighted by atomic mass is 10.1. The highest BCUT2D eigenvalue weighted by Crippen LogP contribution is 2.20. The number of nitrogens with one attached hydrogen (secondary N) is 1. The number of amides is 1. The molecule has 0 spiro atoms. The fourth-order valence-corrected chi connectivity index (χ4v) is 3.41. The smallest absolute Gasteiger partial charge is 0.260 e. The van der Waals surface area contributed by atoms with Crippen LogP contribution in [-0.2, 0) is 14.8 Å². The first kappa shape index (κ1) is 18.2. The molecule has 1 aromatic carbocycles. The fourth-order valence-electron chi connectivity index (χ4n) is 1.98. The van der Waals surface area contributed by atoms with Crippen molar-refractivity contribution in [3.63, 3.8) is 0 Å². The summed E-state index contributed by atoms with van der Waals surface area (Å²) in [6.07, 6.45) is 2.59. The summed E-state index contributed by atoms with van der Waals surface area (Å²) in [6.45, 7) is 3.50. The second-order valence-electron chi connectivity index (χ2n) is 5.35. The van der Waals surface area contributed by atoms with Gasteiger partial charge in [0, 0.05) is 4.88 Å². The van der Waals surface area contributed by atoms with Crippen LogP contribution in [0.25, 0.3) is 0 Å². The van der Waals surface area contributed by atoms with Crippen LogP contribution < -0.4 is 9.73 Å². The number of nitrogens with zero attached hydrogens (tertiary/aromatic N) is 2. The maximum absolute atomic E-state index is 12.0. The molecule has 6 nitrogen and oxygen atoms in total. The number of hydrogen-bond donors (Lipinski definition) is 1. The van der Waals surface area contributed by atoms with Gasteiger partial charge in [0.2, 0.25) is 10.0 Å². The first-order valence-electron chi connectivity index (χ1n) is 7.18. The number of anilines is 1. The minimum Gasteiger partial charge on any atom is -0.271 e. The number of carbonyl (C=O) groups excluding carboxylic acids is 1. The summed E-state index contributed by atoms with van der Waals surface area (Å²) in [7, 11) is -3.59. The third-order valence-corrected chi connectivity index (χ3v) is 5.34. The Morgan fingerprint density at radius 3 is 2.62 bits per heavy atom. The SMILES string of the molecule is Cc1ccc(N(CC(=O)N/N=C\c2cccs2)S(C)(=O)=O)cc1C. The fraction of sp³-hybridized carbons (Fsp3) is 0.250. The molecule has 2 rings (SSSR count). The minimum absolute atomic E-state index is 0.330. The molecule has 2 aromatic rings. The Labute approximate surface area is 145 Å². The van der Waals surface area contributed by atoms with Crippen LogP contribution in [-0.4, -0.2) is 33.3 Å². The summed E-state index contributed by atoms with van der Waals surface area (Å²) in [4.78, 5) is 12.9. The second-order valence-corrected chi connectivity index (χ2v) is 8.23. The number of benzene rings is 1. The van der Waals surface area contributed by atoms with E-state index in [0.29, 0.717) is 5.69 Å². The largest absolute Gasteiger partial charge is 0.271 e. The lowest BCUT2D eigenvalue weighted by Crippen LogP contribution is -2.39. The van der Waals surface area contributed by atoms with Crippen molar-refractivity contribution < 1.29 is 13.2 Å². The van der Waals surface area contributed by atoms with Gasteiger partial charge in [-0.2, -0.15) is 5.10 Å². The van der Waals surface area contributed by atoms with Crippen LogP contribution in [0.4, 0.5) is 5.69 Å². The van der Waals surface area contributed by atoms with E-state index in [4.69, 9.17) is 0 Å². The molecular formula is C16H19N3O3S2. The molecule has 1 amide bonds. The van der Waals surface area contributed by atoms with Gasteiger partial charge in [-0.3, -0.25) is 9.10 Å². The summed E-state index contributed by atoms with van der Waals surface area (Å²) < 4.78 is 25.1. The molecular weight excluding hydrogens is 346 g/mol. The van der Waals surface area contributed by atoms with E-state index in [-0.39, 0.29) is 6.54 Å². The van der Waals surface area contributed by atoms with Gasteiger partial charge in [-0.15, -0.1) is 11.3 Å². The van der Waals surface area contributed by atoms with Gasteiger partial charge in [-0.05, 0) is 48.6 Å². The molecule has 24 heavy (non-hydrogen) atoms. The van der Waals surface area contributed by atoms with Gasteiger partial charge in [0.15, 0.2) is 0 Å². The molecule has 1 N–H and O–H groups in total. The number of sulfonamides is 1. The third-order valence-electron chi connectivity index (χ3n) is 3.39. The molecule has 0 radical (unpaired) electrons. The number of aryl methyl sites for hydroxylation is 2. The molecule has 0 saturated carbocycles. The zero-order chi connectivity index (χ0) is 17.7. The van der Waals surface area contributed by atoms with Crippen LogP contribution in [0.15, 0.2) is 40.8 Å². The van der Waals surface area contributed by atoms with Crippen molar-refractivity contribution in [3.05, 3.63) is 51.7 Å². The molecule has 0 saturated heterocycles. The van der Waals surface area contributed by atoms with Crippen LogP contribution in [0.2, 0.25) is 0 Å². The average molecular weight is 365 g/mol.